The van der Waals surface area contributed by atoms with Crippen LogP contribution in [0.1, 0.15) is 34.6 Å². The summed E-state index contributed by atoms with van der Waals surface area (Å²) in [6, 6.07) is 6.57. The van der Waals surface area contributed by atoms with E-state index < -0.39 is 0 Å². The average molecular weight is 322 g/mol. The Bertz CT molecular complexity index is 675. The molecule has 0 atom stereocenters. The Morgan fingerprint density at radius 3 is 2.79 bits per heavy atom. The molecule has 4 heteroatoms. The van der Waals surface area contributed by atoms with E-state index in [2.05, 4.69) is 20.5 Å². The third-order valence-electron chi connectivity index (χ3n) is 3.56. The van der Waals surface area contributed by atoms with E-state index in [4.69, 9.17) is 0 Å². The number of Topliss-reactive ketones (excluding diaryl/α,β-unsaturated/α-hetero) is 1. The largest absolute Gasteiger partial charge is 0.316 e. The van der Waals surface area contributed by atoms with Crippen molar-refractivity contribution >= 4 is 21.7 Å². The zero-order valence-electron chi connectivity index (χ0n) is 10.5. The van der Waals surface area contributed by atoms with E-state index in [0.29, 0.717) is 10.9 Å². The minimum Gasteiger partial charge on any atom is -0.316 e. The second-order valence-corrected chi connectivity index (χ2v) is 5.71. The van der Waals surface area contributed by atoms with E-state index in [1.807, 2.05) is 13.0 Å². The molecule has 0 saturated carbocycles. The molecule has 0 aliphatic heterocycles. The van der Waals surface area contributed by atoms with Crippen molar-refractivity contribution < 1.29 is 9.18 Å². The lowest BCUT2D eigenvalue weighted by molar-refractivity contribution is 0.0972. The van der Waals surface area contributed by atoms with Crippen molar-refractivity contribution in [3.63, 3.8) is 0 Å². The maximum absolute atomic E-state index is 13.2. The minimum atomic E-state index is -0.273. The molecule has 0 radical (unpaired) electrons. The van der Waals surface area contributed by atoms with Gasteiger partial charge in [0.15, 0.2) is 5.78 Å². The number of aromatic nitrogens is 1. The predicted octanol–water partition coefficient (Wildman–Crippen LogP) is 4.21. The van der Waals surface area contributed by atoms with Gasteiger partial charge in [-0.3, -0.25) is 4.79 Å². The zero-order valence-corrected chi connectivity index (χ0v) is 12.1. The lowest BCUT2D eigenvalue weighted by Crippen LogP contribution is -2.13. The molecule has 1 aromatic carbocycles. The van der Waals surface area contributed by atoms with Gasteiger partial charge in [0.25, 0.3) is 0 Å². The van der Waals surface area contributed by atoms with E-state index in [0.717, 1.165) is 35.5 Å². The summed E-state index contributed by atoms with van der Waals surface area (Å²) in [5.74, 6) is -0.0632. The van der Waals surface area contributed by atoms with Crippen LogP contribution < -0.4 is 0 Å². The third-order valence-corrected chi connectivity index (χ3v) is 4.19. The van der Waals surface area contributed by atoms with Gasteiger partial charge in [-0.15, -0.1) is 0 Å². The third kappa shape index (κ3) is 2.04. The molecule has 0 N–H and O–H groups in total. The topological polar surface area (TPSA) is 22.0 Å². The second kappa shape index (κ2) is 4.60. The Hall–Kier alpha value is -1.42. The maximum Gasteiger partial charge on any atom is 0.164 e. The van der Waals surface area contributed by atoms with Crippen LogP contribution in [-0.2, 0) is 6.42 Å². The first-order valence-corrected chi connectivity index (χ1v) is 7.07. The van der Waals surface area contributed by atoms with Gasteiger partial charge in [-0.05, 0) is 60.0 Å². The number of benzene rings is 1. The lowest BCUT2D eigenvalue weighted by atomic mass is 9.96. The number of rotatable bonds is 1. The first-order chi connectivity index (χ1) is 9.08. The molecule has 0 saturated heterocycles. The normalized spacial score (nSPS) is 14.6. The minimum absolute atomic E-state index is 0.210. The SMILES string of the molecule is Cc1cc2c(n1-c1ccc(F)cc1Br)CCCC2=O. The van der Waals surface area contributed by atoms with Gasteiger partial charge in [0.2, 0.25) is 0 Å². The molecule has 19 heavy (non-hydrogen) atoms. The van der Waals surface area contributed by atoms with Gasteiger partial charge in [-0.1, -0.05) is 0 Å². The fraction of sp³-hybridized carbons (Fsp3) is 0.267. The molecule has 2 aromatic rings. The van der Waals surface area contributed by atoms with Crippen molar-refractivity contribution in [1.82, 2.24) is 4.57 Å². The Morgan fingerprint density at radius 1 is 1.26 bits per heavy atom. The molecular formula is C15H13BrFNO. The lowest BCUT2D eigenvalue weighted by Gasteiger charge is -2.17. The summed E-state index contributed by atoms with van der Waals surface area (Å²) in [5.41, 5.74) is 3.75. The number of hydrogen-bond acceptors (Lipinski definition) is 1. The second-order valence-electron chi connectivity index (χ2n) is 4.85. The van der Waals surface area contributed by atoms with Crippen molar-refractivity contribution in [2.75, 3.05) is 0 Å². The summed E-state index contributed by atoms with van der Waals surface area (Å²) in [6.45, 7) is 1.97. The Labute approximate surface area is 119 Å². The van der Waals surface area contributed by atoms with Crippen LogP contribution >= 0.6 is 15.9 Å². The van der Waals surface area contributed by atoms with Crippen LogP contribution in [-0.4, -0.2) is 10.4 Å². The highest BCUT2D eigenvalue weighted by atomic mass is 79.9. The van der Waals surface area contributed by atoms with Crippen molar-refractivity contribution in [3.05, 3.63) is 51.5 Å². The number of hydrogen-bond donors (Lipinski definition) is 0. The molecule has 1 aromatic heterocycles. The van der Waals surface area contributed by atoms with Crippen molar-refractivity contribution in [2.24, 2.45) is 0 Å². The van der Waals surface area contributed by atoms with Gasteiger partial charge >= 0.3 is 0 Å². The molecule has 0 spiro atoms. The molecule has 3 rings (SSSR count). The molecule has 1 aliphatic rings. The number of aryl methyl sites for hydroxylation is 1. The van der Waals surface area contributed by atoms with Gasteiger partial charge in [-0.2, -0.15) is 0 Å². The van der Waals surface area contributed by atoms with Crippen LogP contribution in [0.15, 0.2) is 28.7 Å². The van der Waals surface area contributed by atoms with E-state index in [-0.39, 0.29) is 11.6 Å². The molecule has 98 valence electrons. The molecule has 0 fully saturated rings. The van der Waals surface area contributed by atoms with Crippen LogP contribution in [0.3, 0.4) is 0 Å². The maximum atomic E-state index is 13.2. The van der Waals surface area contributed by atoms with Gasteiger partial charge in [-0.25, -0.2) is 4.39 Å². The molecule has 0 bridgehead atoms. The quantitative estimate of drug-likeness (QED) is 0.771. The number of carbonyl (C=O) groups excluding carboxylic acids is 1. The summed E-state index contributed by atoms with van der Waals surface area (Å²) in [4.78, 5) is 11.9. The van der Waals surface area contributed by atoms with Crippen LogP contribution in [0.4, 0.5) is 4.39 Å². The Kier molecular flexibility index (Phi) is 3.05. The van der Waals surface area contributed by atoms with Gasteiger partial charge < -0.3 is 4.57 Å². The first-order valence-electron chi connectivity index (χ1n) is 6.28. The van der Waals surface area contributed by atoms with Gasteiger partial charge in [0.05, 0.1) is 5.69 Å². The summed E-state index contributed by atoms with van der Waals surface area (Å²) in [6.07, 6.45) is 2.40. The van der Waals surface area contributed by atoms with Crippen LogP contribution in [0, 0.1) is 12.7 Å². The number of nitrogens with zero attached hydrogens (tertiary/aromatic N) is 1. The Morgan fingerprint density at radius 2 is 2.05 bits per heavy atom. The Balaban J connectivity index is 2.23. The number of carbonyl (C=O) groups is 1. The number of halogens is 2. The fourth-order valence-electron chi connectivity index (χ4n) is 2.73. The van der Waals surface area contributed by atoms with E-state index >= 15 is 0 Å². The van der Waals surface area contributed by atoms with Crippen LogP contribution in [0.2, 0.25) is 0 Å². The summed E-state index contributed by atoms with van der Waals surface area (Å²) in [5, 5.41) is 0. The summed E-state index contributed by atoms with van der Waals surface area (Å²) in [7, 11) is 0. The van der Waals surface area contributed by atoms with Crippen LogP contribution in [0.5, 0.6) is 0 Å². The monoisotopic (exact) mass is 321 g/mol. The predicted molar refractivity (Wildman–Crippen MR) is 75.4 cm³/mol. The van der Waals surface area contributed by atoms with E-state index in [1.54, 1.807) is 6.07 Å². The number of fused-ring (bicyclic) bond motifs is 1. The van der Waals surface area contributed by atoms with Crippen molar-refractivity contribution in [3.8, 4) is 5.69 Å². The fourth-order valence-corrected chi connectivity index (χ4v) is 3.26. The molecule has 1 heterocycles. The first kappa shape index (κ1) is 12.6. The summed E-state index contributed by atoms with van der Waals surface area (Å²) >= 11 is 3.40. The highest BCUT2D eigenvalue weighted by Crippen LogP contribution is 2.31. The molecule has 2 nitrogen and oxygen atoms in total. The zero-order chi connectivity index (χ0) is 13.6. The number of ketones is 1. The van der Waals surface area contributed by atoms with Crippen molar-refractivity contribution in [1.29, 1.82) is 0 Å². The molecule has 0 amide bonds. The molecule has 0 unspecified atom stereocenters. The smallest absolute Gasteiger partial charge is 0.164 e. The highest BCUT2D eigenvalue weighted by Gasteiger charge is 2.23. The standard InChI is InChI=1S/C15H13BrFNO/c1-9-7-11-13(3-2-4-15(11)19)18(9)14-6-5-10(17)8-12(14)16/h5-8H,2-4H2,1H3. The van der Waals surface area contributed by atoms with Crippen molar-refractivity contribution in [2.45, 2.75) is 26.2 Å². The van der Waals surface area contributed by atoms with Crippen LogP contribution in [0.25, 0.3) is 5.69 Å². The molecule has 1 aliphatic carbocycles. The molecular weight excluding hydrogens is 309 g/mol. The average Bonchev–Trinajstić information content (AvgIpc) is 2.68. The van der Waals surface area contributed by atoms with E-state index in [1.165, 1.54) is 12.1 Å². The summed E-state index contributed by atoms with van der Waals surface area (Å²) < 4.78 is 15.9. The highest BCUT2D eigenvalue weighted by molar-refractivity contribution is 9.10. The van der Waals surface area contributed by atoms with Gasteiger partial charge in [0, 0.05) is 27.8 Å². The van der Waals surface area contributed by atoms with E-state index in [9.17, 15) is 9.18 Å². The van der Waals surface area contributed by atoms with Gasteiger partial charge in [0.1, 0.15) is 5.82 Å².